The summed E-state index contributed by atoms with van der Waals surface area (Å²) in [7, 11) is 1.61. The first kappa shape index (κ1) is 12.5. The highest BCUT2D eigenvalue weighted by atomic mass is 79.9. The molecule has 0 aliphatic carbocycles. The SMILES string of the molecule is COc1ccc(Br)c(C(O)C2=CCCCO2)c1. The molecule has 1 atom stereocenters. The van der Waals surface area contributed by atoms with Crippen molar-refractivity contribution in [3.05, 3.63) is 40.1 Å². The van der Waals surface area contributed by atoms with Gasteiger partial charge < -0.3 is 14.6 Å². The molecular weight excluding hydrogens is 284 g/mol. The molecule has 3 nitrogen and oxygen atoms in total. The van der Waals surface area contributed by atoms with Gasteiger partial charge in [0.15, 0.2) is 0 Å². The van der Waals surface area contributed by atoms with Gasteiger partial charge in [-0.25, -0.2) is 0 Å². The maximum absolute atomic E-state index is 10.3. The summed E-state index contributed by atoms with van der Waals surface area (Å²) < 4.78 is 11.5. The van der Waals surface area contributed by atoms with Gasteiger partial charge in [0.1, 0.15) is 17.6 Å². The van der Waals surface area contributed by atoms with E-state index in [1.807, 2.05) is 24.3 Å². The first-order chi connectivity index (χ1) is 8.22. The molecule has 1 unspecified atom stereocenters. The molecular formula is C13H15BrO3. The van der Waals surface area contributed by atoms with Crippen LogP contribution in [0, 0.1) is 0 Å². The molecule has 2 rings (SSSR count). The minimum Gasteiger partial charge on any atom is -0.497 e. The Morgan fingerprint density at radius 2 is 2.29 bits per heavy atom. The Hall–Kier alpha value is -1.00. The Morgan fingerprint density at radius 3 is 2.94 bits per heavy atom. The fourth-order valence-corrected chi connectivity index (χ4v) is 2.24. The molecule has 0 spiro atoms. The number of ether oxygens (including phenoxy) is 2. The fraction of sp³-hybridized carbons (Fsp3) is 0.385. The molecule has 0 aromatic heterocycles. The standard InChI is InChI=1S/C13H15BrO3/c1-16-9-5-6-11(14)10(8-9)13(15)12-4-2-3-7-17-12/h4-6,8,13,15H,2-3,7H2,1H3. The molecule has 1 aliphatic rings. The molecule has 1 aliphatic heterocycles. The van der Waals surface area contributed by atoms with E-state index in [9.17, 15) is 5.11 Å². The molecule has 0 saturated carbocycles. The Balaban J connectivity index is 2.28. The quantitative estimate of drug-likeness (QED) is 0.931. The number of methoxy groups -OCH3 is 1. The third kappa shape index (κ3) is 2.82. The Labute approximate surface area is 109 Å². The van der Waals surface area contributed by atoms with Crippen molar-refractivity contribution in [3.63, 3.8) is 0 Å². The van der Waals surface area contributed by atoms with Crippen LogP contribution in [-0.4, -0.2) is 18.8 Å². The van der Waals surface area contributed by atoms with Gasteiger partial charge >= 0.3 is 0 Å². The first-order valence-electron chi connectivity index (χ1n) is 5.56. The Bertz CT molecular complexity index is 429. The van der Waals surface area contributed by atoms with Crippen LogP contribution in [0.25, 0.3) is 0 Å². The zero-order valence-electron chi connectivity index (χ0n) is 9.65. The summed E-state index contributed by atoms with van der Waals surface area (Å²) in [6, 6.07) is 5.52. The van der Waals surface area contributed by atoms with E-state index in [-0.39, 0.29) is 0 Å². The number of aliphatic hydroxyl groups is 1. The van der Waals surface area contributed by atoms with Crippen LogP contribution >= 0.6 is 15.9 Å². The van der Waals surface area contributed by atoms with E-state index in [1.54, 1.807) is 7.11 Å². The lowest BCUT2D eigenvalue weighted by atomic mass is 10.1. The largest absolute Gasteiger partial charge is 0.497 e. The van der Waals surface area contributed by atoms with Crippen molar-refractivity contribution in [1.82, 2.24) is 0 Å². The lowest BCUT2D eigenvalue weighted by Crippen LogP contribution is -2.10. The average molecular weight is 299 g/mol. The van der Waals surface area contributed by atoms with Crippen LogP contribution < -0.4 is 4.74 Å². The van der Waals surface area contributed by atoms with E-state index < -0.39 is 6.10 Å². The van der Waals surface area contributed by atoms with Crippen molar-refractivity contribution in [1.29, 1.82) is 0 Å². The van der Waals surface area contributed by atoms with Crippen molar-refractivity contribution in [2.75, 3.05) is 13.7 Å². The normalized spacial score (nSPS) is 17.0. The maximum atomic E-state index is 10.3. The summed E-state index contributed by atoms with van der Waals surface area (Å²) in [5, 5.41) is 10.3. The predicted octanol–water partition coefficient (Wildman–Crippen LogP) is 3.19. The van der Waals surface area contributed by atoms with E-state index in [4.69, 9.17) is 9.47 Å². The molecule has 1 aromatic carbocycles. The molecule has 0 bridgehead atoms. The maximum Gasteiger partial charge on any atom is 0.137 e. The molecule has 0 amide bonds. The number of halogens is 1. The topological polar surface area (TPSA) is 38.7 Å². The van der Waals surface area contributed by atoms with Crippen molar-refractivity contribution in [2.45, 2.75) is 18.9 Å². The van der Waals surface area contributed by atoms with E-state index in [0.29, 0.717) is 12.4 Å². The van der Waals surface area contributed by atoms with Crippen LogP contribution in [0.1, 0.15) is 24.5 Å². The van der Waals surface area contributed by atoms with Crippen molar-refractivity contribution < 1.29 is 14.6 Å². The van der Waals surface area contributed by atoms with Crippen LogP contribution in [0.5, 0.6) is 5.75 Å². The molecule has 1 aromatic rings. The van der Waals surface area contributed by atoms with Gasteiger partial charge in [-0.1, -0.05) is 15.9 Å². The Morgan fingerprint density at radius 1 is 1.47 bits per heavy atom. The highest BCUT2D eigenvalue weighted by Crippen LogP contribution is 2.33. The number of hydrogen-bond donors (Lipinski definition) is 1. The third-order valence-corrected chi connectivity index (χ3v) is 3.45. The lowest BCUT2D eigenvalue weighted by molar-refractivity contribution is 0.0913. The number of rotatable bonds is 3. The summed E-state index contributed by atoms with van der Waals surface area (Å²) >= 11 is 3.43. The van der Waals surface area contributed by atoms with E-state index in [1.165, 1.54) is 0 Å². The number of allylic oxidation sites excluding steroid dienone is 1. The second-order valence-electron chi connectivity index (χ2n) is 3.89. The van der Waals surface area contributed by atoms with Crippen LogP contribution in [0.2, 0.25) is 0 Å². The smallest absolute Gasteiger partial charge is 0.137 e. The molecule has 1 N–H and O–H groups in total. The van der Waals surface area contributed by atoms with Crippen LogP contribution in [0.4, 0.5) is 0 Å². The van der Waals surface area contributed by atoms with Gasteiger partial charge in [-0.2, -0.15) is 0 Å². The molecule has 0 fully saturated rings. The summed E-state index contributed by atoms with van der Waals surface area (Å²) in [5.74, 6) is 1.35. The van der Waals surface area contributed by atoms with Crippen LogP contribution in [0.3, 0.4) is 0 Å². The van der Waals surface area contributed by atoms with Gasteiger partial charge in [0.25, 0.3) is 0 Å². The van der Waals surface area contributed by atoms with Crippen molar-refractivity contribution >= 4 is 15.9 Å². The second kappa shape index (κ2) is 5.56. The van der Waals surface area contributed by atoms with Crippen molar-refractivity contribution in [3.8, 4) is 5.75 Å². The number of aliphatic hydroxyl groups excluding tert-OH is 1. The molecule has 0 radical (unpaired) electrons. The summed E-state index contributed by atoms with van der Waals surface area (Å²) in [6.45, 7) is 0.671. The van der Waals surface area contributed by atoms with E-state index in [0.717, 1.165) is 28.6 Å². The number of benzene rings is 1. The predicted molar refractivity (Wildman–Crippen MR) is 68.9 cm³/mol. The number of hydrogen-bond acceptors (Lipinski definition) is 3. The molecule has 4 heteroatoms. The van der Waals surface area contributed by atoms with E-state index in [2.05, 4.69) is 15.9 Å². The minimum atomic E-state index is -0.736. The zero-order chi connectivity index (χ0) is 12.3. The fourth-order valence-electron chi connectivity index (χ4n) is 1.78. The molecule has 0 saturated heterocycles. The van der Waals surface area contributed by atoms with Crippen molar-refractivity contribution in [2.24, 2.45) is 0 Å². The highest BCUT2D eigenvalue weighted by Gasteiger charge is 2.19. The van der Waals surface area contributed by atoms with E-state index >= 15 is 0 Å². The lowest BCUT2D eigenvalue weighted by Gasteiger charge is -2.21. The summed E-state index contributed by atoms with van der Waals surface area (Å²) in [4.78, 5) is 0. The molecule has 1 heterocycles. The van der Waals surface area contributed by atoms with Gasteiger partial charge in [-0.15, -0.1) is 0 Å². The summed E-state index contributed by atoms with van der Waals surface area (Å²) in [5.41, 5.74) is 0.762. The third-order valence-electron chi connectivity index (χ3n) is 2.73. The molecule has 92 valence electrons. The van der Waals surface area contributed by atoms with Gasteiger partial charge in [0.2, 0.25) is 0 Å². The van der Waals surface area contributed by atoms with Gasteiger partial charge in [0.05, 0.1) is 13.7 Å². The average Bonchev–Trinajstić information content (AvgIpc) is 2.39. The highest BCUT2D eigenvalue weighted by molar-refractivity contribution is 9.10. The second-order valence-corrected chi connectivity index (χ2v) is 4.74. The summed E-state index contributed by atoms with van der Waals surface area (Å²) in [6.07, 6.45) is 3.17. The van der Waals surface area contributed by atoms with Gasteiger partial charge in [0, 0.05) is 10.0 Å². The zero-order valence-corrected chi connectivity index (χ0v) is 11.2. The minimum absolute atomic E-state index is 0.630. The molecule has 17 heavy (non-hydrogen) atoms. The monoisotopic (exact) mass is 298 g/mol. The van der Waals surface area contributed by atoms with Crippen LogP contribution in [0.15, 0.2) is 34.5 Å². The first-order valence-corrected chi connectivity index (χ1v) is 6.36. The van der Waals surface area contributed by atoms with Crippen LogP contribution in [-0.2, 0) is 4.74 Å². The Kier molecular flexibility index (Phi) is 4.07. The van der Waals surface area contributed by atoms with Gasteiger partial charge in [-0.3, -0.25) is 0 Å². The van der Waals surface area contributed by atoms with Gasteiger partial charge in [-0.05, 0) is 37.1 Å².